The third-order valence-corrected chi connectivity index (χ3v) is 12.6. The van der Waals surface area contributed by atoms with Crippen LogP contribution in [-0.2, 0) is 22.2 Å². The number of aliphatic hydroxyl groups is 1. The summed E-state index contributed by atoms with van der Waals surface area (Å²) in [6.07, 6.45) is 2.13. The van der Waals surface area contributed by atoms with Crippen molar-refractivity contribution >= 4 is 8.32 Å². The van der Waals surface area contributed by atoms with E-state index >= 15 is 0 Å². The molecule has 1 fully saturated rings. The van der Waals surface area contributed by atoms with E-state index < -0.39 is 8.32 Å². The van der Waals surface area contributed by atoms with E-state index in [2.05, 4.69) is 60.7 Å². The van der Waals surface area contributed by atoms with E-state index in [1.807, 2.05) is 6.07 Å². The normalized spacial score (nSPS) is 27.8. The summed E-state index contributed by atoms with van der Waals surface area (Å²) < 4.78 is 24.3. The van der Waals surface area contributed by atoms with E-state index in [4.69, 9.17) is 18.6 Å². The average molecular weight is 451 g/mol. The van der Waals surface area contributed by atoms with Crippen molar-refractivity contribution in [2.24, 2.45) is 11.3 Å². The zero-order valence-electron chi connectivity index (χ0n) is 20.9. The van der Waals surface area contributed by atoms with Gasteiger partial charge in [-0.2, -0.15) is 0 Å². The van der Waals surface area contributed by atoms with Gasteiger partial charge in [-0.1, -0.05) is 34.6 Å². The van der Waals surface area contributed by atoms with Gasteiger partial charge in [0.15, 0.2) is 26.6 Å². The number of rotatable bonds is 6. The molecular formula is C25H42O5Si. The van der Waals surface area contributed by atoms with Gasteiger partial charge in [0.05, 0.1) is 12.7 Å². The van der Waals surface area contributed by atoms with Gasteiger partial charge in [0.1, 0.15) is 5.60 Å². The average Bonchev–Trinajstić information content (AvgIpc) is 2.66. The molecule has 176 valence electrons. The van der Waals surface area contributed by atoms with Gasteiger partial charge in [0.2, 0.25) is 0 Å². The van der Waals surface area contributed by atoms with Crippen LogP contribution in [0.4, 0.5) is 0 Å². The molecule has 1 aromatic carbocycles. The van der Waals surface area contributed by atoms with Crippen LogP contribution in [0, 0.1) is 11.3 Å². The van der Waals surface area contributed by atoms with Crippen LogP contribution in [0.15, 0.2) is 12.1 Å². The van der Waals surface area contributed by atoms with Crippen LogP contribution in [0.25, 0.3) is 0 Å². The van der Waals surface area contributed by atoms with Gasteiger partial charge >= 0.3 is 0 Å². The number of ether oxygens (including phenoxy) is 3. The van der Waals surface area contributed by atoms with E-state index in [1.165, 1.54) is 0 Å². The lowest BCUT2D eigenvalue weighted by Crippen LogP contribution is -2.58. The van der Waals surface area contributed by atoms with Crippen LogP contribution in [0.5, 0.6) is 11.5 Å². The first-order valence-corrected chi connectivity index (χ1v) is 14.4. The van der Waals surface area contributed by atoms with Crippen molar-refractivity contribution in [3.8, 4) is 11.5 Å². The van der Waals surface area contributed by atoms with Gasteiger partial charge in [0.25, 0.3) is 0 Å². The van der Waals surface area contributed by atoms with Crippen molar-refractivity contribution in [1.82, 2.24) is 0 Å². The third-order valence-electron chi connectivity index (χ3n) is 8.10. The maximum Gasteiger partial charge on any atom is 0.192 e. The largest absolute Gasteiger partial charge is 0.483 e. The zero-order chi connectivity index (χ0) is 23.2. The fourth-order valence-electron chi connectivity index (χ4n) is 4.83. The first-order valence-electron chi connectivity index (χ1n) is 11.5. The molecule has 3 rings (SSSR count). The molecule has 1 aliphatic carbocycles. The van der Waals surface area contributed by atoms with Gasteiger partial charge in [-0.3, -0.25) is 0 Å². The molecule has 2 aliphatic rings. The molecular weight excluding hydrogens is 408 g/mol. The Balaban J connectivity index is 1.96. The van der Waals surface area contributed by atoms with Crippen molar-refractivity contribution in [2.75, 3.05) is 13.9 Å². The highest BCUT2D eigenvalue weighted by Gasteiger charge is 2.55. The van der Waals surface area contributed by atoms with Crippen LogP contribution in [-0.4, -0.2) is 39.0 Å². The van der Waals surface area contributed by atoms with E-state index in [-0.39, 0.29) is 34.9 Å². The molecule has 0 spiro atoms. The molecule has 1 aliphatic heterocycles. The first-order chi connectivity index (χ1) is 14.2. The minimum Gasteiger partial charge on any atom is -0.483 e. The van der Waals surface area contributed by atoms with Gasteiger partial charge in [0, 0.05) is 13.0 Å². The first kappa shape index (κ1) is 24.6. The van der Waals surface area contributed by atoms with Gasteiger partial charge in [-0.15, -0.1) is 0 Å². The lowest BCUT2D eigenvalue weighted by Gasteiger charge is -2.55. The minimum atomic E-state index is -1.87. The third kappa shape index (κ3) is 4.68. The molecule has 3 atom stereocenters. The predicted molar refractivity (Wildman–Crippen MR) is 126 cm³/mol. The Hall–Kier alpha value is -1.08. The summed E-state index contributed by atoms with van der Waals surface area (Å²) in [4.78, 5) is 0. The number of hydrogen-bond acceptors (Lipinski definition) is 5. The number of hydrogen-bond donors (Lipinski definition) is 1. The van der Waals surface area contributed by atoms with Gasteiger partial charge in [-0.25, -0.2) is 0 Å². The fraction of sp³-hybridized carbons (Fsp3) is 0.760. The Morgan fingerprint density at radius 2 is 1.87 bits per heavy atom. The minimum absolute atomic E-state index is 0.157. The van der Waals surface area contributed by atoms with Crippen molar-refractivity contribution in [3.05, 3.63) is 23.3 Å². The maximum absolute atomic E-state index is 10.7. The number of methoxy groups -OCH3 is 1. The fourth-order valence-corrected chi connectivity index (χ4v) is 5.79. The molecule has 0 bridgehead atoms. The van der Waals surface area contributed by atoms with Gasteiger partial charge in [-0.05, 0) is 73.0 Å². The molecule has 0 aromatic heterocycles. The molecule has 0 amide bonds. The monoisotopic (exact) mass is 450 g/mol. The van der Waals surface area contributed by atoms with E-state index in [0.29, 0.717) is 6.61 Å². The van der Waals surface area contributed by atoms with E-state index in [1.54, 1.807) is 7.11 Å². The van der Waals surface area contributed by atoms with Crippen LogP contribution in [0.3, 0.4) is 0 Å². The lowest BCUT2D eigenvalue weighted by molar-refractivity contribution is -0.138. The van der Waals surface area contributed by atoms with E-state index in [0.717, 1.165) is 41.9 Å². The molecule has 1 N–H and O–H groups in total. The molecule has 1 heterocycles. The predicted octanol–water partition coefficient (Wildman–Crippen LogP) is 5.68. The van der Waals surface area contributed by atoms with Crippen LogP contribution >= 0.6 is 0 Å². The quantitative estimate of drug-likeness (QED) is 0.446. The van der Waals surface area contributed by atoms with Crippen LogP contribution in [0.1, 0.15) is 65.5 Å². The SMILES string of the molecule is COCOc1cc(CO[Si](C)(C)C(C)(C)C)cc2c1O[C@]1(C)CC[C@@H](O)C(C)(C)[C@H]1C2. The Morgan fingerprint density at radius 1 is 1.19 bits per heavy atom. The number of fused-ring (bicyclic) bond motifs is 2. The summed E-state index contributed by atoms with van der Waals surface area (Å²) in [5.41, 5.74) is 1.69. The Labute approximate surface area is 189 Å². The van der Waals surface area contributed by atoms with Crippen LogP contribution < -0.4 is 9.47 Å². The highest BCUT2D eigenvalue weighted by Crippen LogP contribution is 2.55. The van der Waals surface area contributed by atoms with Crippen molar-refractivity contribution < 1.29 is 23.7 Å². The molecule has 1 saturated carbocycles. The maximum atomic E-state index is 10.7. The van der Waals surface area contributed by atoms with Crippen molar-refractivity contribution in [1.29, 1.82) is 0 Å². The zero-order valence-corrected chi connectivity index (χ0v) is 21.9. The van der Waals surface area contributed by atoms with Crippen LogP contribution in [0.2, 0.25) is 18.1 Å². The van der Waals surface area contributed by atoms with Crippen molar-refractivity contribution in [3.63, 3.8) is 0 Å². The molecule has 0 radical (unpaired) electrons. The molecule has 5 nitrogen and oxygen atoms in total. The number of benzene rings is 1. The lowest BCUT2D eigenvalue weighted by atomic mass is 9.57. The Kier molecular flexibility index (Phi) is 6.62. The summed E-state index contributed by atoms with van der Waals surface area (Å²) in [5.74, 6) is 1.76. The summed E-state index contributed by atoms with van der Waals surface area (Å²) in [6.45, 7) is 18.6. The molecule has 6 heteroatoms. The molecule has 1 aromatic rings. The Bertz CT molecular complexity index is 798. The topological polar surface area (TPSA) is 57.2 Å². The smallest absolute Gasteiger partial charge is 0.192 e. The molecule has 31 heavy (non-hydrogen) atoms. The highest BCUT2D eigenvalue weighted by molar-refractivity contribution is 6.74. The number of aliphatic hydroxyl groups excluding tert-OH is 1. The standard InChI is InChI=1S/C25H42O5Si/c1-23(2,3)31(8,9)29-15-17-12-18-14-20-24(4,5)21(26)10-11-25(20,6)30-22(18)19(13-17)28-16-27-7/h12-13,20-21,26H,10-11,14-16H2,1-9H3/t20-,21-,25-/m1/s1. The summed E-state index contributed by atoms with van der Waals surface area (Å²) in [5, 5.41) is 10.9. The molecule has 0 saturated heterocycles. The Morgan fingerprint density at radius 3 is 2.48 bits per heavy atom. The second kappa shape index (κ2) is 8.36. The second-order valence-electron chi connectivity index (χ2n) is 11.7. The molecule has 0 unspecified atom stereocenters. The highest BCUT2D eigenvalue weighted by atomic mass is 28.4. The van der Waals surface area contributed by atoms with Crippen molar-refractivity contribution in [2.45, 2.75) is 97.2 Å². The van der Waals surface area contributed by atoms with E-state index in [9.17, 15) is 5.11 Å². The summed E-state index contributed by atoms with van der Waals surface area (Å²) in [7, 11) is -0.243. The van der Waals surface area contributed by atoms with Gasteiger partial charge < -0.3 is 23.7 Å². The summed E-state index contributed by atoms with van der Waals surface area (Å²) >= 11 is 0. The second-order valence-corrected chi connectivity index (χ2v) is 16.5. The summed E-state index contributed by atoms with van der Waals surface area (Å²) in [6, 6.07) is 4.25.